The maximum absolute atomic E-state index is 11.7. The fourth-order valence-corrected chi connectivity index (χ4v) is 1.74. The fourth-order valence-electron chi connectivity index (χ4n) is 1.44. The zero-order chi connectivity index (χ0) is 12.8. The molecule has 0 spiro atoms. The van der Waals surface area contributed by atoms with Gasteiger partial charge in [-0.1, -0.05) is 0 Å². The summed E-state index contributed by atoms with van der Waals surface area (Å²) in [6, 6.07) is 0. The molecular weight excluding hydrogens is 288 g/mol. The van der Waals surface area contributed by atoms with E-state index in [1.54, 1.807) is 18.6 Å². The lowest BCUT2D eigenvalue weighted by molar-refractivity contribution is 0.0659. The van der Waals surface area contributed by atoms with Crippen LogP contribution in [-0.2, 0) is 16.0 Å². The average molecular weight is 305 g/mol. The summed E-state index contributed by atoms with van der Waals surface area (Å²) in [6.07, 6.45) is 0. The lowest BCUT2D eigenvalue weighted by Gasteiger charge is -2.12. The third-order valence-corrected chi connectivity index (χ3v) is 3.57. The highest BCUT2D eigenvalue weighted by Gasteiger charge is 2.08. The molecule has 0 radical (unpaired) electrons. The molecule has 0 N–H and O–H groups in total. The number of nitrogens with zero attached hydrogens (tertiary/aromatic N) is 2. The van der Waals surface area contributed by atoms with Crippen molar-refractivity contribution in [3.63, 3.8) is 0 Å². The van der Waals surface area contributed by atoms with Crippen LogP contribution in [0.15, 0.2) is 9.27 Å². The van der Waals surface area contributed by atoms with Crippen molar-refractivity contribution in [2.24, 2.45) is 0 Å². The molecule has 0 aromatic carbocycles. The molecule has 0 bridgehead atoms. The Morgan fingerprint density at radius 2 is 2.00 bits per heavy atom. The van der Waals surface area contributed by atoms with Crippen molar-refractivity contribution in [3.8, 4) is 0 Å². The summed E-state index contributed by atoms with van der Waals surface area (Å²) < 4.78 is 12.7. The number of halogens is 1. The Morgan fingerprint density at radius 1 is 1.29 bits per heavy atom. The predicted molar refractivity (Wildman–Crippen MR) is 68.4 cm³/mol. The van der Waals surface area contributed by atoms with Gasteiger partial charge in [-0.2, -0.15) is 4.98 Å². The van der Waals surface area contributed by atoms with Crippen molar-refractivity contribution < 1.29 is 9.47 Å². The zero-order valence-corrected chi connectivity index (χ0v) is 11.9. The van der Waals surface area contributed by atoms with E-state index < -0.39 is 0 Å². The Kier molecular flexibility index (Phi) is 5.80. The normalized spacial score (nSPS) is 10.8. The van der Waals surface area contributed by atoms with Crippen LogP contribution in [-0.4, -0.2) is 36.5 Å². The van der Waals surface area contributed by atoms with Gasteiger partial charge in [0.25, 0.3) is 0 Å². The van der Waals surface area contributed by atoms with Gasteiger partial charge in [0.2, 0.25) is 0 Å². The Morgan fingerprint density at radius 3 is 2.65 bits per heavy atom. The van der Waals surface area contributed by atoms with E-state index in [0.29, 0.717) is 32.1 Å². The van der Waals surface area contributed by atoms with Crippen molar-refractivity contribution >= 4 is 15.9 Å². The van der Waals surface area contributed by atoms with Gasteiger partial charge in [-0.15, -0.1) is 0 Å². The van der Waals surface area contributed by atoms with Crippen LogP contribution >= 0.6 is 15.9 Å². The molecule has 0 aliphatic heterocycles. The Labute approximate surface area is 109 Å². The van der Waals surface area contributed by atoms with Crippen LogP contribution in [0, 0.1) is 13.8 Å². The standard InChI is InChI=1S/C11H17BrN2O3/c1-8-10(12)9(2)14(11(15)13-8)4-5-17-7-6-16-3/h4-7H2,1-3H3. The third kappa shape index (κ3) is 3.90. The van der Waals surface area contributed by atoms with E-state index in [-0.39, 0.29) is 5.69 Å². The second kappa shape index (κ2) is 6.88. The second-order valence-corrected chi connectivity index (χ2v) is 4.43. The molecule has 0 amide bonds. The van der Waals surface area contributed by atoms with Gasteiger partial charge in [0, 0.05) is 12.8 Å². The van der Waals surface area contributed by atoms with Crippen LogP contribution < -0.4 is 5.69 Å². The number of methoxy groups -OCH3 is 1. The quantitative estimate of drug-likeness (QED) is 0.743. The van der Waals surface area contributed by atoms with Gasteiger partial charge in [-0.05, 0) is 29.8 Å². The van der Waals surface area contributed by atoms with Crippen molar-refractivity contribution in [2.75, 3.05) is 26.9 Å². The van der Waals surface area contributed by atoms with Crippen LogP contribution in [0.1, 0.15) is 11.4 Å². The summed E-state index contributed by atoms with van der Waals surface area (Å²) in [4.78, 5) is 15.6. The van der Waals surface area contributed by atoms with Crippen molar-refractivity contribution in [1.29, 1.82) is 0 Å². The minimum atomic E-state index is -0.237. The molecule has 0 unspecified atom stereocenters. The smallest absolute Gasteiger partial charge is 0.348 e. The zero-order valence-electron chi connectivity index (χ0n) is 10.3. The number of hydrogen-bond donors (Lipinski definition) is 0. The molecule has 5 nitrogen and oxygen atoms in total. The monoisotopic (exact) mass is 304 g/mol. The number of aryl methyl sites for hydroxylation is 1. The SMILES string of the molecule is COCCOCCn1c(C)c(Br)c(C)nc1=O. The first-order valence-electron chi connectivity index (χ1n) is 5.38. The van der Waals surface area contributed by atoms with Gasteiger partial charge in [0.1, 0.15) is 0 Å². The maximum atomic E-state index is 11.7. The van der Waals surface area contributed by atoms with Crippen molar-refractivity contribution in [3.05, 3.63) is 26.3 Å². The molecule has 17 heavy (non-hydrogen) atoms. The number of aromatic nitrogens is 2. The minimum absolute atomic E-state index is 0.237. The van der Waals surface area contributed by atoms with Gasteiger partial charge < -0.3 is 9.47 Å². The largest absolute Gasteiger partial charge is 0.382 e. The van der Waals surface area contributed by atoms with Crippen LogP contribution in [0.5, 0.6) is 0 Å². The van der Waals surface area contributed by atoms with Crippen molar-refractivity contribution in [1.82, 2.24) is 9.55 Å². The van der Waals surface area contributed by atoms with Gasteiger partial charge in [0.05, 0.1) is 36.5 Å². The summed E-state index contributed by atoms with van der Waals surface area (Å²) in [7, 11) is 1.62. The Hall–Kier alpha value is -0.720. The van der Waals surface area contributed by atoms with E-state index in [2.05, 4.69) is 20.9 Å². The molecule has 1 heterocycles. The number of hydrogen-bond acceptors (Lipinski definition) is 4. The van der Waals surface area contributed by atoms with E-state index in [1.165, 1.54) is 0 Å². The first-order valence-corrected chi connectivity index (χ1v) is 6.17. The Balaban J connectivity index is 2.65. The molecule has 0 saturated heterocycles. The summed E-state index contributed by atoms with van der Waals surface area (Å²) in [5.41, 5.74) is 1.35. The molecule has 0 fully saturated rings. The molecule has 0 aliphatic rings. The molecule has 96 valence electrons. The molecule has 1 aromatic heterocycles. The molecule has 1 rings (SSSR count). The van der Waals surface area contributed by atoms with Crippen LogP contribution in [0.25, 0.3) is 0 Å². The summed E-state index contributed by atoms with van der Waals surface area (Å²) in [5.74, 6) is 0. The molecule has 1 aromatic rings. The van der Waals surface area contributed by atoms with E-state index in [9.17, 15) is 4.79 Å². The summed E-state index contributed by atoms with van der Waals surface area (Å²) >= 11 is 3.41. The van der Waals surface area contributed by atoms with E-state index in [0.717, 1.165) is 10.2 Å². The lowest BCUT2D eigenvalue weighted by atomic mass is 10.3. The van der Waals surface area contributed by atoms with E-state index in [4.69, 9.17) is 9.47 Å². The highest BCUT2D eigenvalue weighted by molar-refractivity contribution is 9.10. The molecule has 0 atom stereocenters. The number of ether oxygens (including phenoxy) is 2. The van der Waals surface area contributed by atoms with Crippen LogP contribution in [0.2, 0.25) is 0 Å². The van der Waals surface area contributed by atoms with Gasteiger partial charge in [-0.25, -0.2) is 4.79 Å². The lowest BCUT2D eigenvalue weighted by Crippen LogP contribution is -2.28. The number of rotatable bonds is 6. The molecule has 6 heteroatoms. The first-order chi connectivity index (χ1) is 8.07. The van der Waals surface area contributed by atoms with E-state index in [1.807, 2.05) is 6.92 Å². The predicted octanol–water partition coefficient (Wildman–Crippen LogP) is 1.29. The molecule has 0 saturated carbocycles. The van der Waals surface area contributed by atoms with Crippen LogP contribution in [0.4, 0.5) is 0 Å². The highest BCUT2D eigenvalue weighted by Crippen LogP contribution is 2.16. The maximum Gasteiger partial charge on any atom is 0.348 e. The molecule has 0 aliphatic carbocycles. The summed E-state index contributed by atoms with van der Waals surface area (Å²) in [5, 5.41) is 0. The fraction of sp³-hybridized carbons (Fsp3) is 0.636. The summed E-state index contributed by atoms with van der Waals surface area (Å²) in [6.45, 7) is 5.75. The van der Waals surface area contributed by atoms with Crippen molar-refractivity contribution in [2.45, 2.75) is 20.4 Å². The first kappa shape index (κ1) is 14.3. The average Bonchev–Trinajstić information content (AvgIpc) is 2.30. The highest BCUT2D eigenvalue weighted by atomic mass is 79.9. The Bertz CT molecular complexity index is 431. The van der Waals surface area contributed by atoms with Crippen LogP contribution in [0.3, 0.4) is 0 Å². The third-order valence-electron chi connectivity index (χ3n) is 2.43. The van der Waals surface area contributed by atoms with Gasteiger partial charge in [0.15, 0.2) is 0 Å². The van der Waals surface area contributed by atoms with E-state index >= 15 is 0 Å². The second-order valence-electron chi connectivity index (χ2n) is 3.64. The van der Waals surface area contributed by atoms with Gasteiger partial charge >= 0.3 is 5.69 Å². The minimum Gasteiger partial charge on any atom is -0.382 e. The topological polar surface area (TPSA) is 53.4 Å². The molecular formula is C11H17BrN2O3. The van der Waals surface area contributed by atoms with Gasteiger partial charge in [-0.3, -0.25) is 4.57 Å².